The molecule has 6 nitrogen and oxygen atoms in total. The van der Waals surface area contributed by atoms with Crippen LogP contribution >= 0.6 is 0 Å². The second-order valence-corrected chi connectivity index (χ2v) is 8.40. The Morgan fingerprint density at radius 1 is 1.29 bits per heavy atom. The van der Waals surface area contributed by atoms with Gasteiger partial charge in [-0.05, 0) is 43.5 Å². The molecule has 0 radical (unpaired) electrons. The summed E-state index contributed by atoms with van der Waals surface area (Å²) < 4.78 is 38.7. The lowest BCUT2D eigenvalue weighted by atomic mass is 10.0. The van der Waals surface area contributed by atoms with E-state index in [9.17, 15) is 27.9 Å². The van der Waals surface area contributed by atoms with Gasteiger partial charge in [0.25, 0.3) is 5.91 Å². The van der Waals surface area contributed by atoms with Crippen LogP contribution in [0.2, 0.25) is 0 Å². The van der Waals surface area contributed by atoms with Crippen molar-refractivity contribution in [1.29, 1.82) is 0 Å². The third kappa shape index (κ3) is 6.93. The van der Waals surface area contributed by atoms with Crippen molar-refractivity contribution in [2.24, 2.45) is 5.92 Å². The number of aliphatic hydroxyl groups excluding tert-OH is 1. The van der Waals surface area contributed by atoms with Gasteiger partial charge in [0.2, 0.25) is 5.91 Å². The van der Waals surface area contributed by atoms with Crippen LogP contribution in [-0.4, -0.2) is 59.6 Å². The number of rotatable bonds is 10. The average molecular weight is 444 g/mol. The molecular formula is C22H32F3N3O3. The fraction of sp³-hybridized carbons (Fsp3) is 0.636. The number of hydrogen-bond donors (Lipinski definition) is 3. The molecule has 1 aromatic rings. The van der Waals surface area contributed by atoms with E-state index in [-0.39, 0.29) is 11.5 Å². The van der Waals surface area contributed by atoms with E-state index in [0.717, 1.165) is 31.2 Å². The Hall–Kier alpha value is -2.13. The third-order valence-electron chi connectivity index (χ3n) is 5.33. The Morgan fingerprint density at radius 3 is 2.61 bits per heavy atom. The van der Waals surface area contributed by atoms with Crippen LogP contribution in [0.1, 0.15) is 56.0 Å². The summed E-state index contributed by atoms with van der Waals surface area (Å²) in [4.78, 5) is 27.0. The molecule has 0 aromatic heterocycles. The molecule has 1 saturated heterocycles. The Labute approximate surface area is 181 Å². The van der Waals surface area contributed by atoms with Crippen molar-refractivity contribution in [1.82, 2.24) is 15.5 Å². The Balaban J connectivity index is 2.06. The highest BCUT2D eigenvalue weighted by molar-refractivity contribution is 5.98. The molecule has 0 aliphatic carbocycles. The van der Waals surface area contributed by atoms with Crippen molar-refractivity contribution in [3.63, 3.8) is 0 Å². The predicted molar refractivity (Wildman–Crippen MR) is 111 cm³/mol. The molecular weight excluding hydrogens is 411 g/mol. The molecule has 1 aliphatic rings. The quantitative estimate of drug-likeness (QED) is 0.520. The van der Waals surface area contributed by atoms with Crippen LogP contribution in [0.4, 0.5) is 13.2 Å². The number of likely N-dealkylation sites (tertiary alicyclic amines) is 1. The number of nitrogens with zero attached hydrogens (tertiary/aromatic N) is 1. The van der Waals surface area contributed by atoms with Gasteiger partial charge in [0.1, 0.15) is 6.04 Å². The third-order valence-corrected chi connectivity index (χ3v) is 5.33. The van der Waals surface area contributed by atoms with Crippen molar-refractivity contribution in [3.05, 3.63) is 35.4 Å². The second-order valence-electron chi connectivity index (χ2n) is 8.40. The number of hydrogen-bond acceptors (Lipinski definition) is 4. The Kier molecular flexibility index (Phi) is 8.88. The number of nitrogens with one attached hydrogen (secondary N) is 2. The van der Waals surface area contributed by atoms with Crippen molar-refractivity contribution < 1.29 is 27.9 Å². The molecule has 0 spiro atoms. The van der Waals surface area contributed by atoms with Crippen LogP contribution < -0.4 is 10.6 Å². The van der Waals surface area contributed by atoms with Gasteiger partial charge >= 0.3 is 6.18 Å². The summed E-state index contributed by atoms with van der Waals surface area (Å²) in [5.41, 5.74) is -1.07. The fourth-order valence-corrected chi connectivity index (χ4v) is 3.71. The maximum Gasteiger partial charge on any atom is 0.416 e. The van der Waals surface area contributed by atoms with E-state index in [0.29, 0.717) is 31.8 Å². The molecule has 9 heteroatoms. The average Bonchev–Trinajstić information content (AvgIpc) is 3.04. The van der Waals surface area contributed by atoms with Gasteiger partial charge in [-0.2, -0.15) is 13.2 Å². The zero-order valence-corrected chi connectivity index (χ0v) is 18.2. The van der Waals surface area contributed by atoms with E-state index in [1.165, 1.54) is 6.07 Å². The first-order chi connectivity index (χ1) is 14.5. The van der Waals surface area contributed by atoms with Crippen molar-refractivity contribution in [2.75, 3.05) is 19.6 Å². The minimum atomic E-state index is -4.55. The van der Waals surface area contributed by atoms with E-state index in [1.807, 2.05) is 6.92 Å². The first kappa shape index (κ1) is 25.1. The molecule has 174 valence electrons. The van der Waals surface area contributed by atoms with Gasteiger partial charge in [0.15, 0.2) is 0 Å². The second kappa shape index (κ2) is 10.9. The number of alkyl halides is 3. The smallest absolute Gasteiger partial charge is 0.391 e. The Morgan fingerprint density at radius 2 is 2.00 bits per heavy atom. The highest BCUT2D eigenvalue weighted by Gasteiger charge is 2.39. The number of amides is 2. The van der Waals surface area contributed by atoms with E-state index < -0.39 is 35.8 Å². The predicted octanol–water partition coefficient (Wildman–Crippen LogP) is 2.81. The van der Waals surface area contributed by atoms with Crippen LogP contribution in [-0.2, 0) is 11.0 Å². The van der Waals surface area contributed by atoms with Crippen LogP contribution in [0.25, 0.3) is 0 Å². The van der Waals surface area contributed by atoms with E-state index >= 15 is 0 Å². The van der Waals surface area contributed by atoms with E-state index in [2.05, 4.69) is 24.5 Å². The van der Waals surface area contributed by atoms with E-state index in [4.69, 9.17) is 0 Å². The molecule has 31 heavy (non-hydrogen) atoms. The number of carbonyl (C=O) groups excluding carboxylic acids is 2. The van der Waals surface area contributed by atoms with Gasteiger partial charge < -0.3 is 20.6 Å². The highest BCUT2D eigenvalue weighted by Crippen LogP contribution is 2.29. The van der Waals surface area contributed by atoms with Crippen molar-refractivity contribution in [3.8, 4) is 0 Å². The lowest BCUT2D eigenvalue weighted by Gasteiger charge is -2.32. The molecule has 1 heterocycles. The van der Waals surface area contributed by atoms with Gasteiger partial charge in [0.05, 0.1) is 17.7 Å². The molecule has 0 unspecified atom stereocenters. The molecule has 2 rings (SSSR count). The number of carbonyl (C=O) groups is 2. The normalized spacial score (nSPS) is 19.0. The molecule has 2 amide bonds. The van der Waals surface area contributed by atoms with Crippen molar-refractivity contribution in [2.45, 2.75) is 64.4 Å². The summed E-state index contributed by atoms with van der Waals surface area (Å²) in [6.45, 7) is 7.61. The highest BCUT2D eigenvalue weighted by atomic mass is 19.4. The first-order valence-electron chi connectivity index (χ1n) is 10.7. The number of halogens is 3. The van der Waals surface area contributed by atoms with E-state index in [1.54, 1.807) is 4.90 Å². The largest absolute Gasteiger partial charge is 0.416 e. The summed E-state index contributed by atoms with van der Waals surface area (Å²) >= 11 is 0. The Bertz CT molecular complexity index is 755. The van der Waals surface area contributed by atoms with Crippen molar-refractivity contribution >= 4 is 11.8 Å². The lowest BCUT2D eigenvalue weighted by Crippen LogP contribution is -2.53. The zero-order chi connectivity index (χ0) is 23.2. The first-order valence-corrected chi connectivity index (χ1v) is 10.7. The van der Waals surface area contributed by atoms with Gasteiger partial charge in [-0.3, -0.25) is 9.59 Å². The number of aliphatic hydroxyl groups is 1. The SMILES string of the molecule is CCC[C@H](O)[C@H](CNCC(C)C)N1CC[C@H](NC(=O)c2cccc(C(F)(F)F)c2)C1=O. The molecule has 0 bridgehead atoms. The standard InChI is InChI=1S/C22H32F3N3O3/c1-4-6-19(29)18(13-26-12-14(2)3)28-10-9-17(21(28)31)27-20(30)15-7-5-8-16(11-15)22(23,24)25/h5,7-8,11,14,17-19,26,29H,4,6,9-10,12-13H2,1-3H3,(H,27,30)/t17-,18-,19-/m0/s1. The topological polar surface area (TPSA) is 81.7 Å². The van der Waals surface area contributed by atoms with Crippen LogP contribution in [0.3, 0.4) is 0 Å². The minimum absolute atomic E-state index is 0.151. The summed E-state index contributed by atoms with van der Waals surface area (Å²) in [5.74, 6) is -0.639. The number of benzene rings is 1. The summed E-state index contributed by atoms with van der Waals surface area (Å²) in [6, 6.07) is 2.85. The zero-order valence-electron chi connectivity index (χ0n) is 18.2. The molecule has 3 atom stereocenters. The fourth-order valence-electron chi connectivity index (χ4n) is 3.71. The summed E-state index contributed by atoms with van der Waals surface area (Å²) in [6.07, 6.45) is -3.62. The summed E-state index contributed by atoms with van der Waals surface area (Å²) in [5, 5.41) is 16.4. The van der Waals surface area contributed by atoms with Gasteiger partial charge in [-0.15, -0.1) is 0 Å². The minimum Gasteiger partial charge on any atom is -0.391 e. The van der Waals surface area contributed by atoms with Gasteiger partial charge in [-0.1, -0.05) is 33.3 Å². The molecule has 1 aromatic carbocycles. The molecule has 1 aliphatic heterocycles. The van der Waals surface area contributed by atoms with Crippen LogP contribution in [0.5, 0.6) is 0 Å². The summed E-state index contributed by atoms with van der Waals surface area (Å²) in [7, 11) is 0. The van der Waals surface area contributed by atoms with Gasteiger partial charge in [-0.25, -0.2) is 0 Å². The maximum atomic E-state index is 12.9. The molecule has 3 N–H and O–H groups in total. The monoisotopic (exact) mass is 443 g/mol. The molecule has 0 saturated carbocycles. The lowest BCUT2D eigenvalue weighted by molar-refractivity contribution is -0.137. The van der Waals surface area contributed by atoms with Crippen LogP contribution in [0, 0.1) is 5.92 Å². The molecule has 1 fully saturated rings. The van der Waals surface area contributed by atoms with Gasteiger partial charge in [0, 0.05) is 18.7 Å². The maximum absolute atomic E-state index is 12.9. The van der Waals surface area contributed by atoms with Crippen LogP contribution in [0.15, 0.2) is 24.3 Å².